The van der Waals surface area contributed by atoms with Crippen molar-refractivity contribution in [3.63, 3.8) is 0 Å². The van der Waals surface area contributed by atoms with E-state index < -0.39 is 5.92 Å². The number of benzene rings is 5. The number of aromatic nitrogens is 6. The Kier molecular flexibility index (Phi) is 15.9. The van der Waals surface area contributed by atoms with Crippen LogP contribution < -0.4 is 15.2 Å². The molecular formula is C53H51N7O6. The summed E-state index contributed by atoms with van der Waals surface area (Å²) in [6.07, 6.45) is 1.45. The summed E-state index contributed by atoms with van der Waals surface area (Å²) in [4.78, 5) is 32.7. The maximum Gasteiger partial charge on any atom is 0.176 e. The van der Waals surface area contributed by atoms with Gasteiger partial charge in [-0.3, -0.25) is 9.59 Å². The van der Waals surface area contributed by atoms with Crippen molar-refractivity contribution < 1.29 is 28.5 Å². The molecule has 0 unspecified atom stereocenters. The molecule has 0 fully saturated rings. The second-order valence-corrected chi connectivity index (χ2v) is 14.9. The molecule has 0 saturated carbocycles. The van der Waals surface area contributed by atoms with Crippen LogP contribution >= 0.6 is 0 Å². The van der Waals surface area contributed by atoms with Gasteiger partial charge in [0, 0.05) is 49.3 Å². The van der Waals surface area contributed by atoms with Crippen LogP contribution in [0.1, 0.15) is 43.5 Å². The summed E-state index contributed by atoms with van der Waals surface area (Å²) in [6, 6.07) is 55.5. The van der Waals surface area contributed by atoms with Crippen LogP contribution in [0.4, 0.5) is 0 Å². The van der Waals surface area contributed by atoms with Crippen molar-refractivity contribution in [3.8, 4) is 34.0 Å². The highest BCUT2D eigenvalue weighted by Crippen LogP contribution is 2.27. The number of carbonyl (C=O) groups excluding carboxylic acids is 2. The lowest BCUT2D eigenvalue weighted by Crippen LogP contribution is -2.20. The van der Waals surface area contributed by atoms with Gasteiger partial charge in [0.05, 0.1) is 38.9 Å². The van der Waals surface area contributed by atoms with Gasteiger partial charge in [0.15, 0.2) is 34.5 Å². The van der Waals surface area contributed by atoms with Crippen LogP contribution in [0.5, 0.6) is 11.5 Å². The molecule has 9 aromatic rings. The van der Waals surface area contributed by atoms with E-state index in [1.54, 1.807) is 45.6 Å². The van der Waals surface area contributed by atoms with Crippen LogP contribution in [-0.2, 0) is 22.3 Å². The Hall–Kier alpha value is -7.84. The first kappa shape index (κ1) is 46.2. The molecule has 5 aromatic carbocycles. The summed E-state index contributed by atoms with van der Waals surface area (Å²) in [6.45, 7) is 0.492. The second kappa shape index (κ2) is 22.7. The van der Waals surface area contributed by atoms with Crippen LogP contribution in [0.25, 0.3) is 33.8 Å². The molecule has 13 heteroatoms. The van der Waals surface area contributed by atoms with Gasteiger partial charge in [-0.25, -0.2) is 19.0 Å². The molecule has 0 aliphatic heterocycles. The summed E-state index contributed by atoms with van der Waals surface area (Å²) in [5.74, 6) is 2.46. The van der Waals surface area contributed by atoms with E-state index in [4.69, 9.17) is 30.1 Å². The van der Waals surface area contributed by atoms with Gasteiger partial charge >= 0.3 is 0 Å². The Morgan fingerprint density at radius 2 is 0.879 bits per heavy atom. The first-order valence-corrected chi connectivity index (χ1v) is 21.3. The van der Waals surface area contributed by atoms with Crippen molar-refractivity contribution in [2.75, 3.05) is 41.8 Å². The van der Waals surface area contributed by atoms with Gasteiger partial charge in [0.1, 0.15) is 17.4 Å². The van der Waals surface area contributed by atoms with Gasteiger partial charge in [-0.15, -0.1) is 0 Å². The fraction of sp³-hybridized carbons (Fsp3) is 0.170. The Labute approximate surface area is 383 Å². The SMILES string of the molecule is COCC1C(=O)c2ccccc2C1=O.COCN.COc1ccc(-c2cccc3nc(Cc4ccccc4)nn23)cc1.COc1ccc(-c2cccc3nc(Cc4ccccc4)nn23)cc1. The summed E-state index contributed by atoms with van der Waals surface area (Å²) < 4.78 is 23.4. The van der Waals surface area contributed by atoms with E-state index in [2.05, 4.69) is 51.1 Å². The quantitative estimate of drug-likeness (QED) is 0.0978. The lowest BCUT2D eigenvalue weighted by molar-refractivity contribution is 0.0724. The molecule has 0 radical (unpaired) electrons. The highest BCUT2D eigenvalue weighted by Gasteiger charge is 2.37. The Morgan fingerprint density at radius 3 is 1.24 bits per heavy atom. The van der Waals surface area contributed by atoms with Gasteiger partial charge < -0.3 is 24.7 Å². The molecule has 1 aliphatic rings. The van der Waals surface area contributed by atoms with Crippen LogP contribution in [0.3, 0.4) is 0 Å². The maximum atomic E-state index is 11.7. The molecule has 1 aliphatic carbocycles. The minimum absolute atomic E-state index is 0.118. The molecule has 10 rings (SSSR count). The molecular weight excluding hydrogens is 831 g/mol. The molecule has 4 aromatic heterocycles. The molecule has 0 amide bonds. The summed E-state index contributed by atoms with van der Waals surface area (Å²) in [5, 5.41) is 9.40. The van der Waals surface area contributed by atoms with Crippen LogP contribution in [0.15, 0.2) is 170 Å². The maximum absolute atomic E-state index is 11.7. The average Bonchev–Trinajstić information content (AvgIpc) is 4.06. The van der Waals surface area contributed by atoms with E-state index in [9.17, 15) is 9.59 Å². The number of nitrogens with zero attached hydrogens (tertiary/aromatic N) is 6. The predicted octanol–water partition coefficient (Wildman–Crippen LogP) is 8.87. The van der Waals surface area contributed by atoms with Gasteiger partial charge in [-0.1, -0.05) is 97.1 Å². The third kappa shape index (κ3) is 11.3. The van der Waals surface area contributed by atoms with Crippen molar-refractivity contribution >= 4 is 22.9 Å². The van der Waals surface area contributed by atoms with Crippen LogP contribution in [-0.4, -0.2) is 82.5 Å². The topological polar surface area (TPSA) is 157 Å². The Bertz CT molecular complexity index is 2770. The number of Topliss-reactive ketones (excluding diaryl/α,β-unsaturated/α-hetero) is 2. The number of hydrogen-bond acceptors (Lipinski definition) is 11. The number of ketones is 2. The zero-order valence-corrected chi connectivity index (χ0v) is 37.3. The Morgan fingerprint density at radius 1 is 0.485 bits per heavy atom. The van der Waals surface area contributed by atoms with E-state index in [-0.39, 0.29) is 18.2 Å². The summed E-state index contributed by atoms with van der Waals surface area (Å²) in [7, 11) is 6.38. The van der Waals surface area contributed by atoms with E-state index in [0.717, 1.165) is 69.8 Å². The number of fused-ring (bicyclic) bond motifs is 3. The van der Waals surface area contributed by atoms with Gasteiger partial charge in [-0.2, -0.15) is 10.2 Å². The van der Waals surface area contributed by atoms with E-state index in [1.807, 2.05) is 118 Å². The van der Waals surface area contributed by atoms with Crippen molar-refractivity contribution in [3.05, 3.63) is 204 Å². The molecule has 0 atom stereocenters. The highest BCUT2D eigenvalue weighted by molar-refractivity contribution is 6.26. The fourth-order valence-electron chi connectivity index (χ4n) is 7.29. The number of pyridine rings is 2. The lowest BCUT2D eigenvalue weighted by atomic mass is 10.1. The largest absolute Gasteiger partial charge is 0.497 e. The van der Waals surface area contributed by atoms with E-state index in [1.165, 1.54) is 18.2 Å². The van der Waals surface area contributed by atoms with Crippen molar-refractivity contribution in [1.82, 2.24) is 29.2 Å². The molecule has 334 valence electrons. The molecule has 2 N–H and O–H groups in total. The number of hydrogen-bond donors (Lipinski definition) is 1. The zero-order valence-electron chi connectivity index (χ0n) is 37.3. The van der Waals surface area contributed by atoms with Crippen molar-refractivity contribution in [1.29, 1.82) is 0 Å². The second-order valence-electron chi connectivity index (χ2n) is 14.9. The summed E-state index contributed by atoms with van der Waals surface area (Å²) in [5.41, 5.74) is 14.2. The Balaban J connectivity index is 0.000000146. The van der Waals surface area contributed by atoms with Gasteiger partial charge in [0.2, 0.25) is 0 Å². The lowest BCUT2D eigenvalue weighted by Gasteiger charge is -2.05. The average molecular weight is 882 g/mol. The standard InChI is InChI=1S/2C20H17N3O.C11H10O3.C2H7NO/c2*1-24-17-12-10-16(11-13-17)18-8-5-9-20-21-19(22-23(18)20)14-15-6-3-2-4-7-15;1-14-6-9-10(12)7-4-2-3-5-8(7)11(9)13;1-4-2-3/h2*2-13H,14H2,1H3;2-5,9H,6H2,1H3;2-3H2,1H3. The first-order valence-electron chi connectivity index (χ1n) is 21.3. The number of methoxy groups -OCH3 is 4. The van der Waals surface area contributed by atoms with Crippen molar-refractivity contribution in [2.24, 2.45) is 11.7 Å². The highest BCUT2D eigenvalue weighted by atomic mass is 16.5. The first-order chi connectivity index (χ1) is 32.3. The minimum Gasteiger partial charge on any atom is -0.497 e. The predicted molar refractivity (Wildman–Crippen MR) is 255 cm³/mol. The molecule has 0 bridgehead atoms. The smallest absolute Gasteiger partial charge is 0.176 e. The monoisotopic (exact) mass is 881 g/mol. The van der Waals surface area contributed by atoms with Crippen LogP contribution in [0.2, 0.25) is 0 Å². The third-order valence-electron chi connectivity index (χ3n) is 10.6. The zero-order chi connectivity index (χ0) is 46.3. The fourth-order valence-corrected chi connectivity index (χ4v) is 7.29. The molecule has 0 saturated heterocycles. The van der Waals surface area contributed by atoms with Crippen LogP contribution in [0, 0.1) is 5.92 Å². The van der Waals surface area contributed by atoms with E-state index in [0.29, 0.717) is 17.9 Å². The number of nitrogens with two attached hydrogens (primary N) is 1. The minimum atomic E-state index is -0.627. The normalized spacial score (nSPS) is 11.8. The number of carbonyl (C=O) groups is 2. The van der Waals surface area contributed by atoms with E-state index >= 15 is 0 Å². The van der Waals surface area contributed by atoms with Gasteiger partial charge in [-0.05, 0) is 83.9 Å². The molecule has 13 nitrogen and oxygen atoms in total. The van der Waals surface area contributed by atoms with Gasteiger partial charge in [0.25, 0.3) is 0 Å². The summed E-state index contributed by atoms with van der Waals surface area (Å²) >= 11 is 0. The van der Waals surface area contributed by atoms with Crippen molar-refractivity contribution in [2.45, 2.75) is 12.8 Å². The molecule has 66 heavy (non-hydrogen) atoms. The number of ether oxygens (including phenoxy) is 4. The molecule has 4 heterocycles. The molecule has 0 spiro atoms. The number of rotatable bonds is 11. The third-order valence-corrected chi connectivity index (χ3v) is 10.6.